The van der Waals surface area contributed by atoms with Crippen molar-refractivity contribution in [3.05, 3.63) is 0 Å². The van der Waals surface area contributed by atoms with Crippen LogP contribution in [0, 0.1) is 34.5 Å². The highest BCUT2D eigenvalue weighted by atomic mass is 19.1. The predicted molar refractivity (Wildman–Crippen MR) is 83.0 cm³/mol. The van der Waals surface area contributed by atoms with Gasteiger partial charge in [0.15, 0.2) is 12.0 Å². The van der Waals surface area contributed by atoms with Crippen molar-refractivity contribution >= 4 is 5.78 Å². The lowest BCUT2D eigenvalue weighted by Crippen LogP contribution is -2.54. The van der Waals surface area contributed by atoms with E-state index in [1.54, 1.807) is 0 Å². The second-order valence-electron chi connectivity index (χ2n) is 9.11. The molecule has 1 unspecified atom stereocenters. The van der Waals surface area contributed by atoms with E-state index in [2.05, 4.69) is 6.92 Å². The second kappa shape index (κ2) is 4.78. The third-order valence-electron chi connectivity index (χ3n) is 8.34. The van der Waals surface area contributed by atoms with Crippen LogP contribution in [0.2, 0.25) is 0 Å². The fourth-order valence-corrected chi connectivity index (χ4v) is 6.98. The smallest absolute Gasteiger partial charge is 0.173 e. The topological polar surface area (TPSA) is 37.3 Å². The van der Waals surface area contributed by atoms with Crippen molar-refractivity contribution in [1.82, 2.24) is 0 Å². The van der Waals surface area contributed by atoms with E-state index in [1.807, 2.05) is 6.92 Å². The van der Waals surface area contributed by atoms with Gasteiger partial charge in [0.05, 0.1) is 6.10 Å². The Balaban J connectivity index is 1.64. The maximum Gasteiger partial charge on any atom is 0.173 e. The molecule has 3 heteroatoms. The number of carbonyl (C=O) groups is 1. The SMILES string of the molecule is C[C@]12CC[C@@H](O)C[C@@H]1CC[C@@H]1[C@@H]2CC[C@]2(C)C(=O)C(F)C[C@@H]12. The number of aliphatic hydroxyl groups excluding tert-OH is 1. The number of hydrogen-bond acceptors (Lipinski definition) is 2. The van der Waals surface area contributed by atoms with Crippen LogP contribution in [0.4, 0.5) is 4.39 Å². The van der Waals surface area contributed by atoms with Gasteiger partial charge in [0.2, 0.25) is 0 Å². The highest BCUT2D eigenvalue weighted by Gasteiger charge is 2.62. The van der Waals surface area contributed by atoms with Gasteiger partial charge < -0.3 is 5.11 Å². The molecule has 0 bridgehead atoms. The minimum atomic E-state index is -1.22. The van der Waals surface area contributed by atoms with Gasteiger partial charge in [0.25, 0.3) is 0 Å². The maximum absolute atomic E-state index is 14.1. The molecule has 4 rings (SSSR count). The monoisotopic (exact) mass is 308 g/mol. The number of carbonyl (C=O) groups excluding carboxylic acids is 1. The van der Waals surface area contributed by atoms with E-state index in [1.165, 1.54) is 0 Å². The van der Waals surface area contributed by atoms with Crippen molar-refractivity contribution in [2.75, 3.05) is 0 Å². The van der Waals surface area contributed by atoms with E-state index >= 15 is 0 Å². The van der Waals surface area contributed by atoms with Crippen LogP contribution >= 0.6 is 0 Å². The molecule has 124 valence electrons. The summed E-state index contributed by atoms with van der Waals surface area (Å²) in [7, 11) is 0. The molecule has 4 aliphatic carbocycles. The van der Waals surface area contributed by atoms with Gasteiger partial charge in [-0.15, -0.1) is 0 Å². The normalized spacial score (nSPS) is 57.9. The van der Waals surface area contributed by atoms with Crippen molar-refractivity contribution in [3.63, 3.8) is 0 Å². The van der Waals surface area contributed by atoms with Crippen LogP contribution in [0.5, 0.6) is 0 Å². The highest BCUT2D eigenvalue weighted by Crippen LogP contribution is 2.65. The fraction of sp³-hybridized carbons (Fsp3) is 0.947. The molecular formula is C19H29FO2. The molecule has 22 heavy (non-hydrogen) atoms. The molecule has 8 atom stereocenters. The average Bonchev–Trinajstić information content (AvgIpc) is 2.72. The average molecular weight is 308 g/mol. The summed E-state index contributed by atoms with van der Waals surface area (Å²) >= 11 is 0. The third kappa shape index (κ3) is 1.84. The summed E-state index contributed by atoms with van der Waals surface area (Å²) in [6, 6.07) is 0. The number of halogens is 1. The molecule has 0 aromatic rings. The Kier molecular flexibility index (Phi) is 3.28. The maximum atomic E-state index is 14.1. The van der Waals surface area contributed by atoms with Crippen molar-refractivity contribution < 1.29 is 14.3 Å². The van der Waals surface area contributed by atoms with Crippen LogP contribution in [-0.2, 0) is 4.79 Å². The first kappa shape index (κ1) is 15.1. The second-order valence-corrected chi connectivity index (χ2v) is 9.11. The van der Waals surface area contributed by atoms with Gasteiger partial charge in [0, 0.05) is 5.41 Å². The zero-order valence-electron chi connectivity index (χ0n) is 13.9. The van der Waals surface area contributed by atoms with Crippen LogP contribution < -0.4 is 0 Å². The van der Waals surface area contributed by atoms with Gasteiger partial charge in [-0.05, 0) is 80.5 Å². The molecule has 0 amide bonds. The van der Waals surface area contributed by atoms with Crippen LogP contribution in [0.1, 0.15) is 65.2 Å². The highest BCUT2D eigenvalue weighted by molar-refractivity contribution is 5.91. The molecule has 4 saturated carbocycles. The lowest BCUT2D eigenvalue weighted by molar-refractivity contribution is -0.143. The fourth-order valence-electron chi connectivity index (χ4n) is 6.98. The van der Waals surface area contributed by atoms with Crippen LogP contribution in [0.15, 0.2) is 0 Å². The standard InChI is InChI=1S/C19H29FO2/c1-18-7-5-12(21)9-11(18)3-4-13-14(18)6-8-19(2)15(13)10-16(20)17(19)22/h11-16,21H,3-10H2,1-2H3/t11-,12+,13+,14-,15-,16?,18-,19-/m0/s1. The molecule has 0 heterocycles. The first-order valence-corrected chi connectivity index (χ1v) is 9.23. The summed E-state index contributed by atoms with van der Waals surface area (Å²) < 4.78 is 14.1. The molecule has 0 aromatic carbocycles. The molecular weight excluding hydrogens is 279 g/mol. The lowest BCUT2D eigenvalue weighted by Gasteiger charge is -2.59. The number of alkyl halides is 1. The first-order chi connectivity index (χ1) is 10.4. The summed E-state index contributed by atoms with van der Waals surface area (Å²) in [6.07, 6.45) is 6.37. The minimum absolute atomic E-state index is 0.109. The van der Waals surface area contributed by atoms with Gasteiger partial charge >= 0.3 is 0 Å². The third-order valence-corrected chi connectivity index (χ3v) is 8.34. The molecule has 0 aliphatic heterocycles. The van der Waals surface area contributed by atoms with E-state index in [0.29, 0.717) is 29.6 Å². The molecule has 0 radical (unpaired) electrons. The predicted octanol–water partition coefficient (Wildman–Crippen LogP) is 3.91. The van der Waals surface area contributed by atoms with E-state index in [0.717, 1.165) is 44.9 Å². The molecule has 0 aromatic heterocycles. The van der Waals surface area contributed by atoms with Crippen molar-refractivity contribution in [3.8, 4) is 0 Å². The Morgan fingerprint density at radius 2 is 1.82 bits per heavy atom. The van der Waals surface area contributed by atoms with E-state index < -0.39 is 11.6 Å². The number of hydrogen-bond donors (Lipinski definition) is 1. The molecule has 4 aliphatic rings. The molecule has 1 N–H and O–H groups in total. The first-order valence-electron chi connectivity index (χ1n) is 9.23. The quantitative estimate of drug-likeness (QED) is 0.737. The van der Waals surface area contributed by atoms with E-state index in [-0.39, 0.29) is 17.8 Å². The molecule has 4 fully saturated rings. The van der Waals surface area contributed by atoms with Crippen LogP contribution in [0.3, 0.4) is 0 Å². The Labute approximate surface area is 132 Å². The van der Waals surface area contributed by atoms with Crippen LogP contribution in [-0.4, -0.2) is 23.2 Å². The summed E-state index contributed by atoms with van der Waals surface area (Å²) in [6.45, 7) is 4.46. The number of Topliss-reactive ketones (excluding diaryl/α,β-unsaturated/α-hetero) is 1. The molecule has 0 spiro atoms. The van der Waals surface area contributed by atoms with Gasteiger partial charge in [-0.2, -0.15) is 0 Å². The number of ketones is 1. The summed E-state index contributed by atoms with van der Waals surface area (Å²) in [5.41, 5.74) is -0.0844. The van der Waals surface area contributed by atoms with Crippen molar-refractivity contribution in [2.45, 2.75) is 77.5 Å². The number of fused-ring (bicyclic) bond motifs is 5. The Morgan fingerprint density at radius 3 is 2.59 bits per heavy atom. The zero-order chi connectivity index (χ0) is 15.7. The number of rotatable bonds is 0. The van der Waals surface area contributed by atoms with Gasteiger partial charge in [-0.25, -0.2) is 4.39 Å². The lowest BCUT2D eigenvalue weighted by atomic mass is 9.45. The Bertz CT molecular complexity index is 492. The largest absolute Gasteiger partial charge is 0.393 e. The summed E-state index contributed by atoms with van der Waals surface area (Å²) in [5, 5.41) is 10.0. The Hall–Kier alpha value is -0.440. The van der Waals surface area contributed by atoms with Crippen LogP contribution in [0.25, 0.3) is 0 Å². The molecule has 0 saturated heterocycles. The zero-order valence-corrected chi connectivity index (χ0v) is 13.9. The van der Waals surface area contributed by atoms with Gasteiger partial charge in [-0.3, -0.25) is 4.79 Å². The minimum Gasteiger partial charge on any atom is -0.393 e. The molecule has 2 nitrogen and oxygen atoms in total. The van der Waals surface area contributed by atoms with E-state index in [9.17, 15) is 14.3 Å². The van der Waals surface area contributed by atoms with Gasteiger partial charge in [-0.1, -0.05) is 13.8 Å². The summed E-state index contributed by atoms with van der Waals surface area (Å²) in [5.74, 6) is 1.94. The Morgan fingerprint density at radius 1 is 1.05 bits per heavy atom. The number of aliphatic hydroxyl groups is 1. The van der Waals surface area contributed by atoms with Crippen molar-refractivity contribution in [1.29, 1.82) is 0 Å². The van der Waals surface area contributed by atoms with Crippen molar-refractivity contribution in [2.24, 2.45) is 34.5 Å². The van der Waals surface area contributed by atoms with Gasteiger partial charge in [0.1, 0.15) is 0 Å². The van der Waals surface area contributed by atoms with E-state index in [4.69, 9.17) is 0 Å². The summed E-state index contributed by atoms with van der Waals surface area (Å²) in [4.78, 5) is 12.3.